The summed E-state index contributed by atoms with van der Waals surface area (Å²) in [4.78, 5) is 2.24. The Kier molecular flexibility index (Phi) is 2.46. The number of hydrogen-bond donors (Lipinski definition) is 0. The molecule has 0 radical (unpaired) electrons. The summed E-state index contributed by atoms with van der Waals surface area (Å²) in [5, 5.41) is 3.95. The van der Waals surface area contributed by atoms with Crippen molar-refractivity contribution in [2.24, 2.45) is 0 Å². The Morgan fingerprint density at radius 1 is 1.50 bits per heavy atom. The lowest BCUT2D eigenvalue weighted by atomic mass is 10.1. The van der Waals surface area contributed by atoms with Gasteiger partial charge >= 0.3 is 0 Å². The quantitative estimate of drug-likeness (QED) is 0.717. The minimum atomic E-state index is 0.149. The van der Waals surface area contributed by atoms with Crippen LogP contribution in [0.2, 0.25) is 0 Å². The van der Waals surface area contributed by atoms with Gasteiger partial charge in [-0.25, -0.2) is 0 Å². The molecule has 0 amide bonds. The third-order valence-electron chi connectivity index (χ3n) is 2.33. The fourth-order valence-corrected chi connectivity index (χ4v) is 1.64. The second-order valence-corrected chi connectivity index (χ2v) is 4.04. The first-order valence-electron chi connectivity index (χ1n) is 4.99. The SMILES string of the molecule is CC(C)Oc1noc2c1CN(C)CC2. The van der Waals surface area contributed by atoms with Gasteiger partial charge in [-0.2, -0.15) is 0 Å². The lowest BCUT2D eigenvalue weighted by Gasteiger charge is -2.21. The second-order valence-electron chi connectivity index (χ2n) is 4.04. The number of nitrogens with zero attached hydrogens (tertiary/aromatic N) is 2. The fraction of sp³-hybridized carbons (Fsp3) is 0.700. The van der Waals surface area contributed by atoms with Gasteiger partial charge in [0.25, 0.3) is 5.88 Å². The van der Waals surface area contributed by atoms with Crippen molar-refractivity contribution in [1.29, 1.82) is 0 Å². The Bertz CT molecular complexity index is 320. The molecule has 0 aliphatic carbocycles. The number of ether oxygens (including phenoxy) is 1. The van der Waals surface area contributed by atoms with Crippen molar-refractivity contribution >= 4 is 0 Å². The van der Waals surface area contributed by atoms with E-state index in [1.807, 2.05) is 13.8 Å². The number of rotatable bonds is 2. The van der Waals surface area contributed by atoms with E-state index < -0.39 is 0 Å². The van der Waals surface area contributed by atoms with Crippen LogP contribution >= 0.6 is 0 Å². The second kappa shape index (κ2) is 3.61. The Hall–Kier alpha value is -1.03. The highest BCUT2D eigenvalue weighted by atomic mass is 16.5. The highest BCUT2D eigenvalue weighted by Crippen LogP contribution is 2.27. The summed E-state index contributed by atoms with van der Waals surface area (Å²) < 4.78 is 10.8. The van der Waals surface area contributed by atoms with Gasteiger partial charge in [-0.15, -0.1) is 0 Å². The van der Waals surface area contributed by atoms with Crippen molar-refractivity contribution in [1.82, 2.24) is 10.1 Å². The zero-order valence-corrected chi connectivity index (χ0v) is 8.91. The fourth-order valence-electron chi connectivity index (χ4n) is 1.64. The van der Waals surface area contributed by atoms with E-state index in [4.69, 9.17) is 9.26 Å². The highest BCUT2D eigenvalue weighted by molar-refractivity contribution is 5.30. The molecule has 0 aromatic carbocycles. The molecule has 0 N–H and O–H groups in total. The van der Waals surface area contributed by atoms with Crippen LogP contribution in [0.5, 0.6) is 5.88 Å². The summed E-state index contributed by atoms with van der Waals surface area (Å²) in [6, 6.07) is 0. The van der Waals surface area contributed by atoms with Crippen molar-refractivity contribution in [3.63, 3.8) is 0 Å². The molecule has 2 rings (SSSR count). The summed E-state index contributed by atoms with van der Waals surface area (Å²) in [5.74, 6) is 1.65. The predicted octanol–water partition coefficient (Wildman–Crippen LogP) is 1.45. The normalized spacial score (nSPS) is 17.1. The molecule has 14 heavy (non-hydrogen) atoms. The molecule has 0 bridgehead atoms. The minimum absolute atomic E-state index is 0.149. The molecule has 1 aromatic rings. The van der Waals surface area contributed by atoms with E-state index in [9.17, 15) is 0 Å². The monoisotopic (exact) mass is 196 g/mol. The first-order chi connectivity index (χ1) is 6.66. The van der Waals surface area contributed by atoms with E-state index in [2.05, 4.69) is 17.1 Å². The van der Waals surface area contributed by atoms with Crippen molar-refractivity contribution in [2.75, 3.05) is 13.6 Å². The van der Waals surface area contributed by atoms with Gasteiger partial charge in [0.2, 0.25) is 0 Å². The van der Waals surface area contributed by atoms with Crippen molar-refractivity contribution < 1.29 is 9.26 Å². The van der Waals surface area contributed by atoms with E-state index in [1.54, 1.807) is 0 Å². The molecule has 2 heterocycles. The van der Waals surface area contributed by atoms with Crippen molar-refractivity contribution in [3.05, 3.63) is 11.3 Å². The Morgan fingerprint density at radius 3 is 3.00 bits per heavy atom. The van der Waals surface area contributed by atoms with Crippen molar-refractivity contribution in [3.8, 4) is 5.88 Å². The molecular weight excluding hydrogens is 180 g/mol. The van der Waals surface area contributed by atoms with Gasteiger partial charge in [0.1, 0.15) is 5.76 Å². The number of aromatic nitrogens is 1. The number of hydrogen-bond acceptors (Lipinski definition) is 4. The average molecular weight is 196 g/mol. The summed E-state index contributed by atoms with van der Waals surface area (Å²) >= 11 is 0. The van der Waals surface area contributed by atoms with Gasteiger partial charge in [-0.05, 0) is 26.1 Å². The van der Waals surface area contributed by atoms with E-state index >= 15 is 0 Å². The van der Waals surface area contributed by atoms with Crippen LogP contribution in [0.3, 0.4) is 0 Å². The molecule has 4 nitrogen and oxygen atoms in total. The standard InChI is InChI=1S/C10H16N2O2/c1-7(2)13-10-8-6-12(3)5-4-9(8)14-11-10/h7H,4-6H2,1-3H3. The number of likely N-dealkylation sites (N-methyl/N-ethyl adjacent to an activating group) is 1. The third-order valence-corrected chi connectivity index (χ3v) is 2.33. The van der Waals surface area contributed by atoms with Crippen LogP contribution in [0.4, 0.5) is 0 Å². The molecule has 78 valence electrons. The average Bonchev–Trinajstić information content (AvgIpc) is 2.47. The van der Waals surface area contributed by atoms with Crippen LogP contribution in [-0.2, 0) is 13.0 Å². The molecule has 1 aliphatic rings. The van der Waals surface area contributed by atoms with Gasteiger partial charge in [-0.3, -0.25) is 0 Å². The van der Waals surface area contributed by atoms with Gasteiger partial charge < -0.3 is 14.2 Å². The molecule has 4 heteroatoms. The smallest absolute Gasteiger partial charge is 0.259 e. The Balaban J connectivity index is 2.22. The van der Waals surface area contributed by atoms with E-state index in [1.165, 1.54) is 0 Å². The van der Waals surface area contributed by atoms with Crippen LogP contribution in [0.15, 0.2) is 4.52 Å². The molecule has 0 spiro atoms. The zero-order chi connectivity index (χ0) is 10.1. The largest absolute Gasteiger partial charge is 0.473 e. The molecule has 0 fully saturated rings. The van der Waals surface area contributed by atoms with Crippen LogP contribution in [-0.4, -0.2) is 29.8 Å². The van der Waals surface area contributed by atoms with Crippen molar-refractivity contribution in [2.45, 2.75) is 32.9 Å². The molecule has 1 aliphatic heterocycles. The van der Waals surface area contributed by atoms with E-state index in [0.29, 0.717) is 5.88 Å². The summed E-state index contributed by atoms with van der Waals surface area (Å²) in [6.07, 6.45) is 1.08. The summed E-state index contributed by atoms with van der Waals surface area (Å²) in [5.41, 5.74) is 1.12. The van der Waals surface area contributed by atoms with Crippen LogP contribution in [0.25, 0.3) is 0 Å². The highest BCUT2D eigenvalue weighted by Gasteiger charge is 2.23. The van der Waals surface area contributed by atoms with Gasteiger partial charge in [0.15, 0.2) is 0 Å². The van der Waals surface area contributed by atoms with Gasteiger partial charge in [-0.1, -0.05) is 0 Å². The molecule has 0 saturated carbocycles. The topological polar surface area (TPSA) is 38.5 Å². The first-order valence-corrected chi connectivity index (χ1v) is 4.99. The predicted molar refractivity (Wildman–Crippen MR) is 52.3 cm³/mol. The summed E-state index contributed by atoms with van der Waals surface area (Å²) in [6.45, 7) is 5.89. The number of fused-ring (bicyclic) bond motifs is 1. The maximum absolute atomic E-state index is 5.57. The van der Waals surface area contributed by atoms with Gasteiger partial charge in [0.05, 0.1) is 11.7 Å². The molecular formula is C10H16N2O2. The van der Waals surface area contributed by atoms with Crippen LogP contribution in [0, 0.1) is 0 Å². The van der Waals surface area contributed by atoms with Gasteiger partial charge in [0, 0.05) is 19.5 Å². The maximum atomic E-state index is 5.57. The maximum Gasteiger partial charge on any atom is 0.259 e. The zero-order valence-electron chi connectivity index (χ0n) is 8.91. The molecule has 1 aromatic heterocycles. The molecule has 0 atom stereocenters. The Morgan fingerprint density at radius 2 is 2.29 bits per heavy atom. The first kappa shape index (κ1) is 9.52. The minimum Gasteiger partial charge on any atom is -0.473 e. The van der Waals surface area contributed by atoms with E-state index in [0.717, 1.165) is 30.8 Å². The third kappa shape index (κ3) is 1.75. The molecule has 0 unspecified atom stereocenters. The van der Waals surface area contributed by atoms with E-state index in [-0.39, 0.29) is 6.10 Å². The van der Waals surface area contributed by atoms with Crippen LogP contribution < -0.4 is 4.74 Å². The lowest BCUT2D eigenvalue weighted by Crippen LogP contribution is -2.26. The summed E-state index contributed by atoms with van der Waals surface area (Å²) in [7, 11) is 2.09. The van der Waals surface area contributed by atoms with Crippen LogP contribution in [0.1, 0.15) is 25.2 Å². The lowest BCUT2D eigenvalue weighted by molar-refractivity contribution is 0.215. The molecule has 0 saturated heterocycles. The Labute approximate surface area is 83.8 Å².